The molecule has 2 aromatic carbocycles. The van der Waals surface area contributed by atoms with Gasteiger partial charge in [0.25, 0.3) is 11.8 Å². The molecule has 1 N–H and O–H groups in total. The van der Waals surface area contributed by atoms with Gasteiger partial charge in [-0.2, -0.15) is 13.2 Å². The highest BCUT2D eigenvalue weighted by Crippen LogP contribution is 2.33. The number of carbonyl (C=O) groups is 3. The van der Waals surface area contributed by atoms with Crippen LogP contribution in [0.3, 0.4) is 0 Å². The number of alkyl halides is 3. The summed E-state index contributed by atoms with van der Waals surface area (Å²) >= 11 is 0. The van der Waals surface area contributed by atoms with Gasteiger partial charge in [-0.1, -0.05) is 24.3 Å². The van der Waals surface area contributed by atoms with Crippen molar-refractivity contribution in [2.24, 2.45) is 0 Å². The highest BCUT2D eigenvalue weighted by molar-refractivity contribution is 6.23. The molecule has 0 saturated carbocycles. The number of nitrogens with zero attached hydrogens (tertiary/aromatic N) is 1. The number of amides is 2. The Labute approximate surface area is 152 Å². The largest absolute Gasteiger partial charge is 0.479 e. The summed E-state index contributed by atoms with van der Waals surface area (Å²) in [4.78, 5) is 37.9. The number of carboxylic acid groups (broad SMARTS) is 1. The molecule has 1 aliphatic heterocycles. The second-order valence-electron chi connectivity index (χ2n) is 6.44. The number of hydrogen-bond donors (Lipinski definition) is 1. The third-order valence-electron chi connectivity index (χ3n) is 4.58. The SMILES string of the molecule is CC(Cc1ccc(C(F)(F)F)cc1)(C(=O)O)N1C(=O)c2ccccc2C1=O. The average Bonchev–Trinajstić information content (AvgIpc) is 2.86. The molecule has 27 heavy (non-hydrogen) atoms. The van der Waals surface area contributed by atoms with Gasteiger partial charge in [0.2, 0.25) is 0 Å². The molecule has 1 aliphatic rings. The number of benzene rings is 2. The molecule has 1 heterocycles. The minimum atomic E-state index is -4.52. The third-order valence-corrected chi connectivity index (χ3v) is 4.58. The van der Waals surface area contributed by atoms with Gasteiger partial charge in [0.1, 0.15) is 5.54 Å². The molecule has 0 aromatic heterocycles. The van der Waals surface area contributed by atoms with Gasteiger partial charge in [-0.15, -0.1) is 0 Å². The van der Waals surface area contributed by atoms with Crippen LogP contribution >= 0.6 is 0 Å². The van der Waals surface area contributed by atoms with Crippen LogP contribution in [0.2, 0.25) is 0 Å². The summed E-state index contributed by atoms with van der Waals surface area (Å²) in [5, 5.41) is 9.73. The smallest absolute Gasteiger partial charge is 0.416 e. The van der Waals surface area contributed by atoms with Crippen molar-refractivity contribution in [2.75, 3.05) is 0 Å². The van der Waals surface area contributed by atoms with Crippen LogP contribution < -0.4 is 0 Å². The molecule has 0 radical (unpaired) electrons. The Bertz CT molecular complexity index is 902. The van der Waals surface area contributed by atoms with Crippen molar-refractivity contribution in [2.45, 2.75) is 25.1 Å². The molecule has 140 valence electrons. The first-order valence-corrected chi connectivity index (χ1v) is 7.93. The Kier molecular flexibility index (Phi) is 4.29. The molecular formula is C19H14F3NO4. The molecule has 0 spiro atoms. The van der Waals surface area contributed by atoms with E-state index >= 15 is 0 Å². The van der Waals surface area contributed by atoms with E-state index in [1.807, 2.05) is 0 Å². The Balaban J connectivity index is 1.97. The lowest BCUT2D eigenvalue weighted by Gasteiger charge is -2.33. The average molecular weight is 377 g/mol. The van der Waals surface area contributed by atoms with Crippen molar-refractivity contribution in [3.8, 4) is 0 Å². The van der Waals surface area contributed by atoms with Gasteiger partial charge < -0.3 is 5.11 Å². The number of carboxylic acids is 1. The quantitative estimate of drug-likeness (QED) is 0.829. The van der Waals surface area contributed by atoms with Crippen LogP contribution in [0, 0.1) is 0 Å². The van der Waals surface area contributed by atoms with Gasteiger partial charge in [-0.05, 0) is 36.8 Å². The lowest BCUT2D eigenvalue weighted by molar-refractivity contribution is -0.147. The lowest BCUT2D eigenvalue weighted by atomic mass is 9.90. The van der Waals surface area contributed by atoms with Gasteiger partial charge in [-0.25, -0.2) is 4.79 Å². The molecule has 0 saturated heterocycles. The Morgan fingerprint density at radius 2 is 1.44 bits per heavy atom. The number of carbonyl (C=O) groups excluding carboxylic acids is 2. The number of rotatable bonds is 4. The molecule has 0 fully saturated rings. The van der Waals surface area contributed by atoms with Gasteiger partial charge in [-0.3, -0.25) is 14.5 Å². The van der Waals surface area contributed by atoms with E-state index in [-0.39, 0.29) is 23.1 Å². The van der Waals surface area contributed by atoms with Crippen molar-refractivity contribution in [1.82, 2.24) is 4.90 Å². The van der Waals surface area contributed by atoms with Crippen LogP contribution in [-0.2, 0) is 17.4 Å². The molecule has 1 unspecified atom stereocenters. The zero-order chi connectivity index (χ0) is 20.0. The van der Waals surface area contributed by atoms with Crippen LogP contribution in [0.25, 0.3) is 0 Å². The second kappa shape index (κ2) is 6.22. The predicted molar refractivity (Wildman–Crippen MR) is 88.1 cm³/mol. The fourth-order valence-electron chi connectivity index (χ4n) is 3.10. The van der Waals surface area contributed by atoms with E-state index in [1.165, 1.54) is 19.1 Å². The molecule has 0 aliphatic carbocycles. The zero-order valence-electron chi connectivity index (χ0n) is 14.1. The van der Waals surface area contributed by atoms with E-state index in [1.54, 1.807) is 12.1 Å². The third kappa shape index (κ3) is 3.07. The fraction of sp³-hybridized carbons (Fsp3) is 0.211. The van der Waals surface area contributed by atoms with Crippen molar-refractivity contribution >= 4 is 17.8 Å². The van der Waals surface area contributed by atoms with E-state index in [0.29, 0.717) is 4.90 Å². The van der Waals surface area contributed by atoms with E-state index < -0.39 is 35.1 Å². The van der Waals surface area contributed by atoms with E-state index in [4.69, 9.17) is 0 Å². The summed E-state index contributed by atoms with van der Waals surface area (Å²) in [6.07, 6.45) is -4.84. The summed E-state index contributed by atoms with van der Waals surface area (Å²) in [5.41, 5.74) is -2.37. The maximum Gasteiger partial charge on any atom is 0.416 e. The van der Waals surface area contributed by atoms with Gasteiger partial charge in [0.15, 0.2) is 0 Å². The molecule has 1 atom stereocenters. The number of halogens is 3. The predicted octanol–water partition coefficient (Wildman–Crippen LogP) is 3.39. The van der Waals surface area contributed by atoms with Gasteiger partial charge in [0, 0.05) is 6.42 Å². The van der Waals surface area contributed by atoms with E-state index in [0.717, 1.165) is 24.3 Å². The summed E-state index contributed by atoms with van der Waals surface area (Å²) in [6, 6.07) is 9.92. The van der Waals surface area contributed by atoms with E-state index in [9.17, 15) is 32.7 Å². The summed E-state index contributed by atoms with van der Waals surface area (Å²) in [5.74, 6) is -2.92. The molecule has 0 bridgehead atoms. The normalized spacial score (nSPS) is 16.2. The molecular weight excluding hydrogens is 363 g/mol. The zero-order valence-corrected chi connectivity index (χ0v) is 14.1. The lowest BCUT2D eigenvalue weighted by Crippen LogP contribution is -2.56. The number of aliphatic carboxylic acids is 1. The van der Waals surface area contributed by atoms with E-state index in [2.05, 4.69) is 0 Å². The summed E-state index contributed by atoms with van der Waals surface area (Å²) in [7, 11) is 0. The molecule has 5 nitrogen and oxygen atoms in total. The van der Waals surface area contributed by atoms with Crippen molar-refractivity contribution in [3.63, 3.8) is 0 Å². The number of hydrogen-bond acceptors (Lipinski definition) is 3. The minimum absolute atomic E-state index is 0.0994. The number of imide groups is 1. The first-order valence-electron chi connectivity index (χ1n) is 7.93. The van der Waals surface area contributed by atoms with Crippen molar-refractivity contribution in [3.05, 3.63) is 70.8 Å². The maximum atomic E-state index is 12.7. The Morgan fingerprint density at radius 1 is 0.963 bits per heavy atom. The van der Waals surface area contributed by atoms with Crippen molar-refractivity contribution < 1.29 is 32.7 Å². The van der Waals surface area contributed by atoms with Gasteiger partial charge in [0.05, 0.1) is 16.7 Å². The Hall–Kier alpha value is -3.16. The standard InChI is InChI=1S/C19H14F3NO4/c1-18(17(26)27,10-11-6-8-12(9-7-11)19(20,21)22)23-15(24)13-4-2-3-5-14(13)16(23)25/h2-9H,10H2,1H3,(H,26,27). The fourth-order valence-corrected chi connectivity index (χ4v) is 3.10. The Morgan fingerprint density at radius 3 is 1.85 bits per heavy atom. The van der Waals surface area contributed by atoms with Crippen molar-refractivity contribution in [1.29, 1.82) is 0 Å². The summed E-state index contributed by atoms with van der Waals surface area (Å²) < 4.78 is 38.1. The number of fused-ring (bicyclic) bond motifs is 1. The molecule has 3 rings (SSSR count). The first-order chi connectivity index (χ1) is 12.6. The molecule has 2 amide bonds. The minimum Gasteiger partial charge on any atom is -0.479 e. The second-order valence-corrected chi connectivity index (χ2v) is 6.44. The first kappa shape index (κ1) is 18.6. The van der Waals surface area contributed by atoms with Crippen LogP contribution in [0.5, 0.6) is 0 Å². The summed E-state index contributed by atoms with van der Waals surface area (Å²) in [6.45, 7) is 1.20. The van der Waals surface area contributed by atoms with Crippen LogP contribution in [0.1, 0.15) is 38.8 Å². The highest BCUT2D eigenvalue weighted by Gasteiger charge is 2.51. The monoisotopic (exact) mass is 377 g/mol. The molecule has 8 heteroatoms. The highest BCUT2D eigenvalue weighted by atomic mass is 19.4. The van der Waals surface area contributed by atoms with Crippen LogP contribution in [0.15, 0.2) is 48.5 Å². The topological polar surface area (TPSA) is 74.7 Å². The van der Waals surface area contributed by atoms with Gasteiger partial charge >= 0.3 is 12.1 Å². The molecule has 2 aromatic rings. The maximum absolute atomic E-state index is 12.7. The van der Waals surface area contributed by atoms with Crippen LogP contribution in [-0.4, -0.2) is 33.3 Å². The van der Waals surface area contributed by atoms with Crippen LogP contribution in [0.4, 0.5) is 13.2 Å².